The molecule has 0 fully saturated rings. The summed E-state index contributed by atoms with van der Waals surface area (Å²) < 4.78 is 0. The second-order valence-electron chi connectivity index (χ2n) is 5.43. The van der Waals surface area contributed by atoms with Gasteiger partial charge in [-0.05, 0) is 47.4 Å². The molecule has 1 aliphatic rings. The quantitative estimate of drug-likeness (QED) is 0.685. The molecule has 1 rings (SSSR count). The van der Waals surface area contributed by atoms with Crippen LogP contribution >= 0.6 is 0 Å². The minimum atomic E-state index is -0.256. The average molecular weight is 198 g/mol. The number of hydrogen-bond donors (Lipinski definition) is 1. The SMILES string of the molecule is CN(C)CC1=CC(C)(C)N(O)C1(C)C. The van der Waals surface area contributed by atoms with Gasteiger partial charge in [-0.15, -0.1) is 0 Å². The van der Waals surface area contributed by atoms with Crippen LogP contribution < -0.4 is 0 Å². The summed E-state index contributed by atoms with van der Waals surface area (Å²) in [7, 11) is 4.09. The largest absolute Gasteiger partial charge is 0.312 e. The van der Waals surface area contributed by atoms with Crippen LogP contribution in [0.1, 0.15) is 27.7 Å². The lowest BCUT2D eigenvalue weighted by Gasteiger charge is -2.36. The first-order chi connectivity index (χ1) is 6.18. The molecule has 0 aromatic carbocycles. The van der Waals surface area contributed by atoms with E-state index in [-0.39, 0.29) is 11.1 Å². The molecular formula is C11H22N2O. The number of rotatable bonds is 2. The van der Waals surface area contributed by atoms with E-state index in [2.05, 4.69) is 24.8 Å². The van der Waals surface area contributed by atoms with Gasteiger partial charge in [0.1, 0.15) is 0 Å². The minimum Gasteiger partial charge on any atom is -0.312 e. The highest BCUT2D eigenvalue weighted by atomic mass is 16.5. The van der Waals surface area contributed by atoms with Gasteiger partial charge in [0.05, 0.1) is 11.1 Å². The Hall–Kier alpha value is -0.380. The smallest absolute Gasteiger partial charge is 0.0635 e. The normalized spacial score (nSPS) is 25.6. The van der Waals surface area contributed by atoms with Crippen molar-refractivity contribution < 1.29 is 5.21 Å². The van der Waals surface area contributed by atoms with Crippen LogP contribution in [-0.4, -0.2) is 46.9 Å². The van der Waals surface area contributed by atoms with Crippen molar-refractivity contribution in [3.63, 3.8) is 0 Å². The Kier molecular flexibility index (Phi) is 2.78. The molecule has 0 aliphatic carbocycles. The Morgan fingerprint density at radius 2 is 1.79 bits per heavy atom. The maximum Gasteiger partial charge on any atom is 0.0635 e. The zero-order chi connectivity index (χ0) is 11.1. The highest BCUT2D eigenvalue weighted by molar-refractivity contribution is 5.30. The zero-order valence-corrected chi connectivity index (χ0v) is 10.1. The van der Waals surface area contributed by atoms with Gasteiger partial charge in [0.15, 0.2) is 0 Å². The molecule has 3 nitrogen and oxygen atoms in total. The number of nitrogens with zero attached hydrogens (tertiary/aromatic N) is 2. The van der Waals surface area contributed by atoms with Gasteiger partial charge in [-0.3, -0.25) is 0 Å². The van der Waals surface area contributed by atoms with E-state index in [1.165, 1.54) is 10.6 Å². The Morgan fingerprint density at radius 1 is 1.29 bits per heavy atom. The van der Waals surface area contributed by atoms with Gasteiger partial charge < -0.3 is 10.1 Å². The van der Waals surface area contributed by atoms with Crippen molar-refractivity contribution in [3.05, 3.63) is 11.6 Å². The van der Waals surface area contributed by atoms with E-state index in [1.807, 2.05) is 27.9 Å². The molecule has 0 aromatic heterocycles. The topological polar surface area (TPSA) is 26.7 Å². The van der Waals surface area contributed by atoms with Crippen LogP contribution in [0.15, 0.2) is 11.6 Å². The van der Waals surface area contributed by atoms with Gasteiger partial charge in [0.2, 0.25) is 0 Å². The predicted molar refractivity (Wildman–Crippen MR) is 58.4 cm³/mol. The lowest BCUT2D eigenvalue weighted by atomic mass is 9.96. The fraction of sp³-hybridized carbons (Fsp3) is 0.818. The van der Waals surface area contributed by atoms with Gasteiger partial charge in [0, 0.05) is 6.54 Å². The Labute approximate surface area is 87.0 Å². The summed E-state index contributed by atoms with van der Waals surface area (Å²) in [4.78, 5) is 2.13. The van der Waals surface area contributed by atoms with Crippen molar-refractivity contribution in [2.24, 2.45) is 0 Å². The summed E-state index contributed by atoms with van der Waals surface area (Å²) >= 11 is 0. The van der Waals surface area contributed by atoms with E-state index in [9.17, 15) is 5.21 Å². The second kappa shape index (κ2) is 3.33. The fourth-order valence-corrected chi connectivity index (χ4v) is 2.10. The maximum absolute atomic E-state index is 10.0. The predicted octanol–water partition coefficient (Wildman–Crippen LogP) is 1.74. The summed E-state index contributed by atoms with van der Waals surface area (Å²) in [5.41, 5.74) is 0.762. The summed E-state index contributed by atoms with van der Waals surface area (Å²) in [6, 6.07) is 0. The number of hydroxylamine groups is 2. The summed E-state index contributed by atoms with van der Waals surface area (Å²) in [6.07, 6.45) is 2.16. The van der Waals surface area contributed by atoms with Crippen molar-refractivity contribution in [2.75, 3.05) is 20.6 Å². The average Bonchev–Trinajstić information content (AvgIpc) is 2.12. The van der Waals surface area contributed by atoms with Crippen LogP contribution in [0.5, 0.6) is 0 Å². The molecule has 0 saturated carbocycles. The fourth-order valence-electron chi connectivity index (χ4n) is 2.10. The molecule has 0 atom stereocenters. The molecule has 3 heteroatoms. The van der Waals surface area contributed by atoms with Crippen LogP contribution in [0.3, 0.4) is 0 Å². The molecule has 82 valence electrons. The van der Waals surface area contributed by atoms with Gasteiger partial charge in [-0.25, -0.2) is 0 Å². The molecule has 0 bridgehead atoms. The molecule has 1 N–H and O–H groups in total. The monoisotopic (exact) mass is 198 g/mol. The molecule has 0 unspecified atom stereocenters. The molecule has 0 amide bonds. The third-order valence-electron chi connectivity index (χ3n) is 2.88. The van der Waals surface area contributed by atoms with E-state index in [0.717, 1.165) is 6.54 Å². The zero-order valence-electron chi connectivity index (χ0n) is 10.1. The van der Waals surface area contributed by atoms with Gasteiger partial charge in [0.25, 0.3) is 0 Å². The van der Waals surface area contributed by atoms with Crippen LogP contribution in [0, 0.1) is 0 Å². The standard InChI is InChI=1S/C11H22N2O/c1-10(2)7-9(8-12(5)6)11(3,4)13(10)14/h7,14H,8H2,1-6H3. The van der Waals surface area contributed by atoms with Gasteiger partial charge in [-0.1, -0.05) is 6.08 Å². The van der Waals surface area contributed by atoms with Crippen molar-refractivity contribution in [2.45, 2.75) is 38.8 Å². The van der Waals surface area contributed by atoms with Crippen molar-refractivity contribution in [1.29, 1.82) is 0 Å². The summed E-state index contributed by atoms with van der Waals surface area (Å²) in [5, 5.41) is 11.5. The van der Waals surface area contributed by atoms with Crippen molar-refractivity contribution >= 4 is 0 Å². The third kappa shape index (κ3) is 1.85. The Balaban J connectivity index is 2.94. The van der Waals surface area contributed by atoms with E-state index < -0.39 is 0 Å². The van der Waals surface area contributed by atoms with Crippen LogP contribution in [0.25, 0.3) is 0 Å². The van der Waals surface area contributed by atoms with E-state index in [1.54, 1.807) is 0 Å². The first-order valence-corrected chi connectivity index (χ1v) is 5.04. The highest BCUT2D eigenvalue weighted by Gasteiger charge is 2.44. The molecule has 1 aliphatic heterocycles. The maximum atomic E-state index is 10.0. The molecule has 0 aromatic rings. The summed E-state index contributed by atoms with van der Waals surface area (Å²) in [5.74, 6) is 0. The molecule has 0 saturated heterocycles. The van der Waals surface area contributed by atoms with Crippen molar-refractivity contribution in [3.8, 4) is 0 Å². The van der Waals surface area contributed by atoms with Crippen LogP contribution in [0.4, 0.5) is 0 Å². The summed E-state index contributed by atoms with van der Waals surface area (Å²) in [6.45, 7) is 9.05. The van der Waals surface area contributed by atoms with Crippen molar-refractivity contribution in [1.82, 2.24) is 9.96 Å². The molecule has 14 heavy (non-hydrogen) atoms. The number of likely N-dealkylation sites (N-methyl/N-ethyl adjacent to an activating group) is 1. The molecular weight excluding hydrogens is 176 g/mol. The van der Waals surface area contributed by atoms with Gasteiger partial charge in [-0.2, -0.15) is 5.06 Å². The molecule has 0 spiro atoms. The highest BCUT2D eigenvalue weighted by Crippen LogP contribution is 2.38. The lowest BCUT2D eigenvalue weighted by molar-refractivity contribution is -0.185. The Morgan fingerprint density at radius 3 is 2.07 bits per heavy atom. The number of hydrogen-bond acceptors (Lipinski definition) is 3. The molecule has 1 heterocycles. The molecule has 0 radical (unpaired) electrons. The lowest BCUT2D eigenvalue weighted by Crippen LogP contribution is -2.48. The minimum absolute atomic E-state index is 0.255. The Bertz CT molecular complexity index is 254. The van der Waals surface area contributed by atoms with E-state index >= 15 is 0 Å². The first-order valence-electron chi connectivity index (χ1n) is 5.04. The van der Waals surface area contributed by atoms with Crippen LogP contribution in [-0.2, 0) is 0 Å². The van der Waals surface area contributed by atoms with Gasteiger partial charge >= 0.3 is 0 Å². The van der Waals surface area contributed by atoms with Crippen LogP contribution in [0.2, 0.25) is 0 Å². The second-order valence-corrected chi connectivity index (χ2v) is 5.43. The third-order valence-corrected chi connectivity index (χ3v) is 2.88. The first kappa shape index (κ1) is 11.7. The van der Waals surface area contributed by atoms with E-state index in [0.29, 0.717) is 0 Å². The van der Waals surface area contributed by atoms with E-state index in [4.69, 9.17) is 0 Å².